The molecule has 1 amide bonds. The van der Waals surface area contributed by atoms with Gasteiger partial charge in [0.15, 0.2) is 0 Å². The second kappa shape index (κ2) is 5.37. The van der Waals surface area contributed by atoms with E-state index in [1.807, 2.05) is 13.8 Å². The van der Waals surface area contributed by atoms with Crippen molar-refractivity contribution in [3.63, 3.8) is 0 Å². The molecule has 2 aromatic rings. The maximum Gasteiger partial charge on any atom is 0.329 e. The summed E-state index contributed by atoms with van der Waals surface area (Å²) in [6, 6.07) is 2.35. The number of amides is 1. The Kier molecular flexibility index (Phi) is 3.62. The second-order valence-electron chi connectivity index (χ2n) is 6.34. The van der Waals surface area contributed by atoms with Crippen LogP contribution in [0.1, 0.15) is 44.2 Å². The van der Waals surface area contributed by atoms with Crippen molar-refractivity contribution in [3.05, 3.63) is 46.3 Å². The number of carbonyl (C=O) groups excluding carboxylic acids is 1. The molecule has 1 N–H and O–H groups in total. The van der Waals surface area contributed by atoms with E-state index in [4.69, 9.17) is 0 Å². The molecule has 1 aliphatic heterocycles. The van der Waals surface area contributed by atoms with E-state index in [2.05, 4.69) is 11.9 Å². The number of hydrogen-bond donors (Lipinski definition) is 1. The van der Waals surface area contributed by atoms with Crippen LogP contribution in [-0.4, -0.2) is 15.0 Å². The molecule has 1 aliphatic rings. The summed E-state index contributed by atoms with van der Waals surface area (Å²) < 4.78 is 17.2. The van der Waals surface area contributed by atoms with Gasteiger partial charge in [-0.1, -0.05) is 20.4 Å². The minimum absolute atomic E-state index is 0.0693. The average molecular weight is 317 g/mol. The van der Waals surface area contributed by atoms with Crippen LogP contribution in [0.5, 0.6) is 0 Å². The van der Waals surface area contributed by atoms with E-state index in [-0.39, 0.29) is 23.3 Å². The number of halogens is 1. The summed E-state index contributed by atoms with van der Waals surface area (Å²) >= 11 is 0. The van der Waals surface area contributed by atoms with E-state index < -0.39 is 6.04 Å². The van der Waals surface area contributed by atoms with Crippen molar-refractivity contribution in [3.8, 4) is 0 Å². The van der Waals surface area contributed by atoms with Gasteiger partial charge >= 0.3 is 5.69 Å². The number of piperidine rings is 1. The van der Waals surface area contributed by atoms with Crippen molar-refractivity contribution < 1.29 is 9.18 Å². The minimum atomic E-state index is -0.595. The van der Waals surface area contributed by atoms with Gasteiger partial charge in [-0.2, -0.15) is 0 Å². The molecule has 23 heavy (non-hydrogen) atoms. The molecule has 122 valence electrons. The first-order chi connectivity index (χ1) is 10.8. The summed E-state index contributed by atoms with van der Waals surface area (Å²) in [6.07, 6.45) is 1.13. The topological polar surface area (TPSA) is 56.0 Å². The number of aryl methyl sites for hydroxylation is 1. The number of aromatic nitrogens is 2. The second-order valence-corrected chi connectivity index (χ2v) is 6.34. The van der Waals surface area contributed by atoms with Crippen LogP contribution in [0.4, 0.5) is 4.39 Å². The van der Waals surface area contributed by atoms with Gasteiger partial charge in [0.2, 0.25) is 5.91 Å². The van der Waals surface area contributed by atoms with Gasteiger partial charge in [-0.3, -0.25) is 13.9 Å². The zero-order valence-electron chi connectivity index (χ0n) is 13.5. The quantitative estimate of drug-likeness (QED) is 0.925. The van der Waals surface area contributed by atoms with Crippen LogP contribution >= 0.6 is 0 Å². The smallest absolute Gasteiger partial charge is 0.329 e. The maximum atomic E-state index is 14.2. The van der Waals surface area contributed by atoms with Crippen LogP contribution in [0.2, 0.25) is 0 Å². The standard InChI is InChI=1S/C17H20FN3O2/c1-9(2)14-11(18)6-8-12-15(14)20(4)17(23)21(12)13-7-5-10(3)19-16(13)22/h6,8-9,13H,3,5,7H2,1-2,4H3,(H,19,22). The Morgan fingerprint density at radius 3 is 2.65 bits per heavy atom. The van der Waals surface area contributed by atoms with Crippen molar-refractivity contribution in [1.29, 1.82) is 0 Å². The molecule has 5 nitrogen and oxygen atoms in total. The van der Waals surface area contributed by atoms with Gasteiger partial charge in [0, 0.05) is 18.3 Å². The first-order valence-electron chi connectivity index (χ1n) is 7.71. The van der Waals surface area contributed by atoms with Crippen LogP contribution < -0.4 is 11.0 Å². The highest BCUT2D eigenvalue weighted by molar-refractivity contribution is 5.87. The molecule has 1 unspecified atom stereocenters. The van der Waals surface area contributed by atoms with E-state index in [1.165, 1.54) is 15.2 Å². The molecule has 0 radical (unpaired) electrons. The van der Waals surface area contributed by atoms with Gasteiger partial charge in [0.25, 0.3) is 0 Å². The predicted octanol–water partition coefficient (Wildman–Crippen LogP) is 2.57. The lowest BCUT2D eigenvalue weighted by atomic mass is 10.00. The molecular formula is C17H20FN3O2. The summed E-state index contributed by atoms with van der Waals surface area (Å²) in [5.74, 6) is -0.645. The molecule has 0 spiro atoms. The van der Waals surface area contributed by atoms with E-state index in [1.54, 1.807) is 13.1 Å². The summed E-state index contributed by atoms with van der Waals surface area (Å²) in [5, 5.41) is 2.70. The number of allylic oxidation sites excluding steroid dienone is 1. The van der Waals surface area contributed by atoms with E-state index in [0.29, 0.717) is 35.1 Å². The zero-order valence-corrected chi connectivity index (χ0v) is 13.5. The Labute approximate surface area is 133 Å². The minimum Gasteiger partial charge on any atom is -0.329 e. The number of imidazole rings is 1. The van der Waals surface area contributed by atoms with Crippen LogP contribution in [0.25, 0.3) is 11.0 Å². The lowest BCUT2D eigenvalue weighted by molar-refractivity contribution is -0.124. The number of nitrogens with zero attached hydrogens (tertiary/aromatic N) is 2. The average Bonchev–Trinajstić information content (AvgIpc) is 2.72. The van der Waals surface area contributed by atoms with Gasteiger partial charge in [-0.05, 0) is 30.9 Å². The third-order valence-corrected chi connectivity index (χ3v) is 4.44. The third kappa shape index (κ3) is 2.29. The summed E-state index contributed by atoms with van der Waals surface area (Å²) in [6.45, 7) is 7.53. The predicted molar refractivity (Wildman–Crippen MR) is 86.8 cm³/mol. The molecule has 1 saturated heterocycles. The summed E-state index contributed by atoms with van der Waals surface area (Å²) in [7, 11) is 1.62. The molecule has 0 aliphatic carbocycles. The highest BCUT2D eigenvalue weighted by atomic mass is 19.1. The zero-order chi connectivity index (χ0) is 16.9. The van der Waals surface area contributed by atoms with Gasteiger partial charge < -0.3 is 5.32 Å². The molecule has 6 heteroatoms. The SMILES string of the molecule is C=C1CCC(n2c(=O)n(C)c3c(C(C)C)c(F)ccc32)C(=O)N1. The van der Waals surface area contributed by atoms with Gasteiger partial charge in [0.05, 0.1) is 11.0 Å². The van der Waals surface area contributed by atoms with Crippen molar-refractivity contribution in [1.82, 2.24) is 14.5 Å². The summed E-state index contributed by atoms with van der Waals surface area (Å²) in [4.78, 5) is 25.0. The highest BCUT2D eigenvalue weighted by Gasteiger charge is 2.30. The fraction of sp³-hybridized carbons (Fsp3) is 0.412. The fourth-order valence-corrected chi connectivity index (χ4v) is 3.34. The molecule has 1 fully saturated rings. The molecule has 1 aromatic carbocycles. The van der Waals surface area contributed by atoms with E-state index in [0.717, 1.165) is 0 Å². The number of hydrogen-bond acceptors (Lipinski definition) is 2. The molecule has 2 heterocycles. The van der Waals surface area contributed by atoms with Crippen LogP contribution in [-0.2, 0) is 11.8 Å². The normalized spacial score (nSPS) is 18.7. The van der Waals surface area contributed by atoms with Crippen molar-refractivity contribution in [2.75, 3.05) is 0 Å². The number of fused-ring (bicyclic) bond motifs is 1. The number of carbonyl (C=O) groups is 1. The van der Waals surface area contributed by atoms with Crippen LogP contribution in [0.3, 0.4) is 0 Å². The molecular weight excluding hydrogens is 297 g/mol. The van der Waals surface area contributed by atoms with Crippen LogP contribution in [0, 0.1) is 5.82 Å². The summed E-state index contributed by atoms with van der Waals surface area (Å²) in [5.41, 5.74) is 2.01. The Hall–Kier alpha value is -2.37. The lowest BCUT2D eigenvalue weighted by Crippen LogP contribution is -2.40. The monoisotopic (exact) mass is 317 g/mol. The number of nitrogens with one attached hydrogen (secondary N) is 1. The Morgan fingerprint density at radius 2 is 2.04 bits per heavy atom. The maximum absolute atomic E-state index is 14.2. The van der Waals surface area contributed by atoms with Crippen LogP contribution in [0.15, 0.2) is 29.2 Å². The Balaban J connectivity index is 2.29. The Morgan fingerprint density at radius 1 is 1.35 bits per heavy atom. The van der Waals surface area contributed by atoms with Gasteiger partial charge in [-0.15, -0.1) is 0 Å². The molecule has 3 rings (SSSR count). The number of benzene rings is 1. The fourth-order valence-electron chi connectivity index (χ4n) is 3.34. The lowest BCUT2D eigenvalue weighted by Gasteiger charge is -2.24. The van der Waals surface area contributed by atoms with Gasteiger partial charge in [0.1, 0.15) is 11.9 Å². The highest BCUT2D eigenvalue weighted by Crippen LogP contribution is 2.30. The largest absolute Gasteiger partial charge is 0.329 e. The van der Waals surface area contributed by atoms with Crippen molar-refractivity contribution >= 4 is 16.9 Å². The first-order valence-corrected chi connectivity index (χ1v) is 7.71. The van der Waals surface area contributed by atoms with Crippen molar-refractivity contribution in [2.45, 2.75) is 38.6 Å². The Bertz CT molecular complexity index is 876. The van der Waals surface area contributed by atoms with E-state index in [9.17, 15) is 14.0 Å². The molecule has 0 bridgehead atoms. The number of rotatable bonds is 2. The third-order valence-electron chi connectivity index (χ3n) is 4.44. The molecule has 1 atom stereocenters. The van der Waals surface area contributed by atoms with Gasteiger partial charge in [-0.25, -0.2) is 9.18 Å². The molecule has 0 saturated carbocycles. The van der Waals surface area contributed by atoms with Crippen molar-refractivity contribution in [2.24, 2.45) is 7.05 Å². The first kappa shape index (κ1) is 15.5. The molecule has 1 aromatic heterocycles. The van der Waals surface area contributed by atoms with E-state index >= 15 is 0 Å².